The number of fused-ring (bicyclic) bond motifs is 1. The van der Waals surface area contributed by atoms with Gasteiger partial charge in [-0.25, -0.2) is 9.36 Å². The van der Waals surface area contributed by atoms with Crippen LogP contribution >= 0.6 is 0 Å². The molecule has 2 aromatic rings. The molecule has 2 rings (SSSR count). The predicted octanol–water partition coefficient (Wildman–Crippen LogP) is 4.83. The van der Waals surface area contributed by atoms with Crippen LogP contribution in [-0.4, -0.2) is 22.4 Å². The monoisotopic (exact) mass is 303 g/mol. The summed E-state index contributed by atoms with van der Waals surface area (Å²) >= 11 is 0. The third kappa shape index (κ3) is 3.26. The molecule has 1 aromatic heterocycles. The number of rotatable bonds is 2. The molecule has 0 radical (unpaired) electrons. The minimum Gasteiger partial charge on any atom is -0.488 e. The molecule has 0 aliphatic heterocycles. The molecule has 0 aliphatic carbocycles. The van der Waals surface area contributed by atoms with Gasteiger partial charge in [0.25, 0.3) is 0 Å². The van der Waals surface area contributed by atoms with E-state index in [0.717, 1.165) is 27.9 Å². The number of benzene rings is 1. The lowest BCUT2D eigenvalue weighted by atomic mass is 10.1. The van der Waals surface area contributed by atoms with Crippen LogP contribution in [0.4, 0.5) is 4.79 Å². The van der Waals surface area contributed by atoms with Gasteiger partial charge in [0, 0.05) is 16.6 Å². The van der Waals surface area contributed by atoms with Crippen LogP contribution in [0.25, 0.3) is 10.9 Å². The average Bonchev–Trinajstić information content (AvgIpc) is 2.68. The molecule has 0 aliphatic rings. The Labute approximate surface area is 132 Å². The van der Waals surface area contributed by atoms with Crippen molar-refractivity contribution in [3.8, 4) is 5.75 Å². The van der Waals surface area contributed by atoms with E-state index < -0.39 is 0 Å². The molecule has 0 atom stereocenters. The lowest BCUT2D eigenvalue weighted by molar-refractivity contribution is 0.117. The Morgan fingerprint density at radius 1 is 1.18 bits per heavy atom. The lowest BCUT2D eigenvalue weighted by Crippen LogP contribution is -2.23. The second-order valence-electron chi connectivity index (χ2n) is 6.89. The molecule has 4 heteroatoms. The molecular weight excluding hydrogens is 278 g/mol. The van der Waals surface area contributed by atoms with Crippen molar-refractivity contribution in [2.45, 2.75) is 60.2 Å². The van der Waals surface area contributed by atoms with Crippen molar-refractivity contribution in [2.75, 3.05) is 0 Å². The van der Waals surface area contributed by atoms with E-state index in [1.807, 2.05) is 66.7 Å². The molecule has 120 valence electrons. The first-order valence-corrected chi connectivity index (χ1v) is 7.62. The highest BCUT2D eigenvalue weighted by molar-refractivity contribution is 5.93. The molecule has 4 nitrogen and oxygen atoms in total. The third-order valence-corrected chi connectivity index (χ3v) is 3.32. The first-order valence-electron chi connectivity index (χ1n) is 7.62. The highest BCUT2D eigenvalue weighted by atomic mass is 16.6. The van der Waals surface area contributed by atoms with Gasteiger partial charge in [-0.05, 0) is 66.7 Å². The van der Waals surface area contributed by atoms with Crippen molar-refractivity contribution in [1.82, 2.24) is 4.57 Å². The zero-order valence-electron chi connectivity index (χ0n) is 14.5. The second-order valence-corrected chi connectivity index (χ2v) is 6.89. The Bertz CT molecular complexity index is 705. The number of carbonyl (C=O) groups excluding carboxylic acids is 1. The Balaban J connectivity index is 2.53. The van der Waals surface area contributed by atoms with Crippen molar-refractivity contribution < 1.29 is 14.3 Å². The van der Waals surface area contributed by atoms with Crippen LogP contribution in [0.3, 0.4) is 0 Å². The van der Waals surface area contributed by atoms with Crippen LogP contribution in [0, 0.1) is 13.8 Å². The standard InChI is InChI=1S/C18H25NO3/c1-11(2)21-17(20)19-12(3)10-14-13(4)16(9-8-15(14)19)22-18(5,6)7/h8-11H,1-7H3. The summed E-state index contributed by atoms with van der Waals surface area (Å²) in [7, 11) is 0. The molecule has 22 heavy (non-hydrogen) atoms. The molecule has 0 spiro atoms. The smallest absolute Gasteiger partial charge is 0.418 e. The quantitative estimate of drug-likeness (QED) is 0.798. The number of ether oxygens (including phenoxy) is 2. The first kappa shape index (κ1) is 16.4. The first-order chi connectivity index (χ1) is 10.1. The topological polar surface area (TPSA) is 40.5 Å². The molecule has 1 aromatic carbocycles. The molecule has 0 amide bonds. The van der Waals surface area contributed by atoms with Gasteiger partial charge in [-0.15, -0.1) is 0 Å². The Kier molecular flexibility index (Phi) is 4.23. The maximum Gasteiger partial charge on any atom is 0.418 e. The Morgan fingerprint density at radius 3 is 2.36 bits per heavy atom. The van der Waals surface area contributed by atoms with Gasteiger partial charge in [0.15, 0.2) is 0 Å². The third-order valence-electron chi connectivity index (χ3n) is 3.32. The summed E-state index contributed by atoms with van der Waals surface area (Å²) in [5.74, 6) is 0.842. The summed E-state index contributed by atoms with van der Waals surface area (Å²) in [5.41, 5.74) is 2.48. The van der Waals surface area contributed by atoms with Crippen LogP contribution in [-0.2, 0) is 4.74 Å². The summed E-state index contributed by atoms with van der Waals surface area (Å²) in [6.07, 6.45) is -0.486. The second kappa shape index (κ2) is 5.67. The Morgan fingerprint density at radius 2 is 1.82 bits per heavy atom. The van der Waals surface area contributed by atoms with E-state index in [4.69, 9.17) is 9.47 Å². The zero-order chi connectivity index (χ0) is 16.7. The number of carbonyl (C=O) groups is 1. The minimum absolute atomic E-state index is 0.144. The van der Waals surface area contributed by atoms with Gasteiger partial charge in [-0.3, -0.25) is 0 Å². The molecule has 0 bridgehead atoms. The van der Waals surface area contributed by atoms with Crippen LogP contribution < -0.4 is 4.74 Å². The van der Waals surface area contributed by atoms with E-state index >= 15 is 0 Å². The summed E-state index contributed by atoms with van der Waals surface area (Å²) in [6.45, 7) is 13.7. The maximum atomic E-state index is 12.3. The molecule has 0 saturated heterocycles. The fourth-order valence-corrected chi connectivity index (χ4v) is 2.47. The van der Waals surface area contributed by atoms with E-state index in [2.05, 4.69) is 0 Å². The predicted molar refractivity (Wildman–Crippen MR) is 88.8 cm³/mol. The van der Waals surface area contributed by atoms with Crippen LogP contribution in [0.2, 0.25) is 0 Å². The molecule has 0 unspecified atom stereocenters. The fourth-order valence-electron chi connectivity index (χ4n) is 2.47. The van der Waals surface area contributed by atoms with Gasteiger partial charge in [-0.2, -0.15) is 0 Å². The van der Waals surface area contributed by atoms with Crippen molar-refractivity contribution >= 4 is 17.0 Å². The van der Waals surface area contributed by atoms with Gasteiger partial charge < -0.3 is 9.47 Å². The van der Waals surface area contributed by atoms with Gasteiger partial charge in [-0.1, -0.05) is 0 Å². The fraction of sp³-hybridized carbons (Fsp3) is 0.500. The molecule has 0 N–H and O–H groups in total. The van der Waals surface area contributed by atoms with Crippen LogP contribution in [0.1, 0.15) is 45.9 Å². The Hall–Kier alpha value is -1.97. The number of aromatic nitrogens is 1. The van der Waals surface area contributed by atoms with Crippen molar-refractivity contribution in [3.05, 3.63) is 29.5 Å². The number of hydrogen-bond donors (Lipinski definition) is 0. The van der Waals surface area contributed by atoms with Gasteiger partial charge in [0.1, 0.15) is 11.4 Å². The minimum atomic E-state index is -0.341. The van der Waals surface area contributed by atoms with Crippen LogP contribution in [0.15, 0.2) is 18.2 Å². The normalized spacial score (nSPS) is 12.0. The summed E-state index contributed by atoms with van der Waals surface area (Å²) in [6, 6.07) is 5.83. The van der Waals surface area contributed by atoms with Crippen LogP contribution in [0.5, 0.6) is 5.75 Å². The number of nitrogens with zero attached hydrogens (tertiary/aromatic N) is 1. The van der Waals surface area contributed by atoms with E-state index in [-0.39, 0.29) is 17.8 Å². The number of aryl methyl sites for hydroxylation is 2. The maximum absolute atomic E-state index is 12.3. The van der Waals surface area contributed by atoms with Gasteiger partial charge >= 0.3 is 6.09 Å². The number of hydrogen-bond acceptors (Lipinski definition) is 3. The van der Waals surface area contributed by atoms with Crippen molar-refractivity contribution in [3.63, 3.8) is 0 Å². The van der Waals surface area contributed by atoms with E-state index in [9.17, 15) is 4.79 Å². The summed E-state index contributed by atoms with van der Waals surface area (Å²) < 4.78 is 12.9. The SMILES string of the molecule is Cc1c(OC(C)(C)C)ccc2c1cc(C)n2C(=O)OC(C)C. The van der Waals surface area contributed by atoms with Gasteiger partial charge in [0.05, 0.1) is 11.6 Å². The van der Waals surface area contributed by atoms with Crippen molar-refractivity contribution in [1.29, 1.82) is 0 Å². The largest absolute Gasteiger partial charge is 0.488 e. The summed E-state index contributed by atoms with van der Waals surface area (Å²) in [5, 5.41) is 1.01. The zero-order valence-corrected chi connectivity index (χ0v) is 14.5. The van der Waals surface area contributed by atoms with E-state index in [1.165, 1.54) is 0 Å². The summed E-state index contributed by atoms with van der Waals surface area (Å²) in [4.78, 5) is 12.3. The van der Waals surface area contributed by atoms with Gasteiger partial charge in [0.2, 0.25) is 0 Å². The lowest BCUT2D eigenvalue weighted by Gasteiger charge is -2.23. The highest BCUT2D eigenvalue weighted by Gasteiger charge is 2.19. The van der Waals surface area contributed by atoms with Crippen molar-refractivity contribution in [2.24, 2.45) is 0 Å². The molecule has 0 saturated carbocycles. The highest BCUT2D eigenvalue weighted by Crippen LogP contribution is 2.32. The van der Waals surface area contributed by atoms with E-state index in [0.29, 0.717) is 0 Å². The molecule has 1 heterocycles. The molecule has 0 fully saturated rings. The average molecular weight is 303 g/mol. The van der Waals surface area contributed by atoms with E-state index in [1.54, 1.807) is 4.57 Å². The molecular formula is C18H25NO3.